The molecule has 0 radical (unpaired) electrons. The van der Waals surface area contributed by atoms with E-state index in [2.05, 4.69) is 56.1 Å². The Labute approximate surface area is 90.5 Å². The van der Waals surface area contributed by atoms with Crippen LogP contribution < -0.4 is 0 Å². The van der Waals surface area contributed by atoms with Gasteiger partial charge in [0.15, 0.2) is 0 Å². The molecule has 0 spiro atoms. The Morgan fingerprint density at radius 2 is 2.07 bits per heavy atom. The molecule has 0 aliphatic heterocycles. The lowest BCUT2D eigenvalue weighted by Gasteiger charge is -2.03. The Morgan fingerprint density at radius 1 is 1.27 bits per heavy atom. The Kier molecular flexibility index (Phi) is 2.55. The second kappa shape index (κ2) is 3.85. The Hall–Kier alpha value is -1.63. The first-order valence-electron chi connectivity index (χ1n) is 5.20. The zero-order valence-electron chi connectivity index (χ0n) is 9.41. The van der Waals surface area contributed by atoms with E-state index in [1.165, 1.54) is 22.1 Å². The fourth-order valence-corrected chi connectivity index (χ4v) is 1.61. The van der Waals surface area contributed by atoms with Crippen LogP contribution in [0, 0.1) is 6.92 Å². The molecular formula is C14H15N. The maximum absolute atomic E-state index is 4.47. The smallest absolute Gasteiger partial charge is 0.0705 e. The minimum atomic E-state index is 1.07. The first-order valence-corrected chi connectivity index (χ1v) is 5.20. The summed E-state index contributed by atoms with van der Waals surface area (Å²) in [5.41, 5.74) is 4.80. The molecule has 0 amide bonds. The van der Waals surface area contributed by atoms with E-state index in [-0.39, 0.29) is 0 Å². The maximum Gasteiger partial charge on any atom is 0.0705 e. The zero-order valence-corrected chi connectivity index (χ0v) is 9.41. The zero-order chi connectivity index (χ0) is 10.8. The largest absolute Gasteiger partial charge is 0.256 e. The highest BCUT2D eigenvalue weighted by Gasteiger charge is 1.99. The molecule has 0 bridgehead atoms. The summed E-state index contributed by atoms with van der Waals surface area (Å²) in [7, 11) is 0. The average molecular weight is 197 g/mol. The fourth-order valence-electron chi connectivity index (χ4n) is 1.61. The second-order valence-electron chi connectivity index (χ2n) is 3.89. The molecule has 0 saturated carbocycles. The lowest BCUT2D eigenvalue weighted by atomic mass is 10.1. The standard InChI is InChI=1S/C14H15N/c1-4-11(3)13-8-12-6-5-10(2)7-14(12)15-9-13/h4-9H,1-3H3/b11-4+. The van der Waals surface area contributed by atoms with Crippen molar-refractivity contribution in [2.45, 2.75) is 20.8 Å². The van der Waals surface area contributed by atoms with E-state index in [0.717, 1.165) is 5.52 Å². The second-order valence-corrected chi connectivity index (χ2v) is 3.89. The van der Waals surface area contributed by atoms with E-state index in [1.54, 1.807) is 0 Å². The number of aryl methyl sites for hydroxylation is 1. The third-order valence-corrected chi connectivity index (χ3v) is 2.73. The summed E-state index contributed by atoms with van der Waals surface area (Å²) in [6, 6.07) is 8.56. The topological polar surface area (TPSA) is 12.9 Å². The van der Waals surface area contributed by atoms with Crippen molar-refractivity contribution in [2.24, 2.45) is 0 Å². The van der Waals surface area contributed by atoms with E-state index >= 15 is 0 Å². The van der Waals surface area contributed by atoms with Crippen LogP contribution in [0.2, 0.25) is 0 Å². The maximum atomic E-state index is 4.47. The van der Waals surface area contributed by atoms with Gasteiger partial charge in [0, 0.05) is 11.6 Å². The number of hydrogen-bond donors (Lipinski definition) is 0. The van der Waals surface area contributed by atoms with Crippen LogP contribution in [0.1, 0.15) is 25.0 Å². The molecule has 76 valence electrons. The molecule has 1 heterocycles. The molecule has 15 heavy (non-hydrogen) atoms. The molecule has 2 aromatic rings. The number of hydrogen-bond acceptors (Lipinski definition) is 1. The van der Waals surface area contributed by atoms with Crippen LogP contribution in [0.5, 0.6) is 0 Å². The van der Waals surface area contributed by atoms with Gasteiger partial charge in [-0.1, -0.05) is 18.2 Å². The molecule has 0 atom stereocenters. The monoisotopic (exact) mass is 197 g/mol. The molecule has 2 rings (SSSR count). The average Bonchev–Trinajstić information content (AvgIpc) is 2.27. The molecule has 0 saturated heterocycles. The van der Waals surface area contributed by atoms with Gasteiger partial charge >= 0.3 is 0 Å². The SMILES string of the molecule is C/C=C(\C)c1cnc2cc(C)ccc2c1. The third-order valence-electron chi connectivity index (χ3n) is 2.73. The Balaban J connectivity index is 2.62. The van der Waals surface area contributed by atoms with Crippen molar-refractivity contribution in [1.29, 1.82) is 0 Å². The van der Waals surface area contributed by atoms with Crippen molar-refractivity contribution in [3.8, 4) is 0 Å². The summed E-state index contributed by atoms with van der Waals surface area (Å²) in [5, 5.41) is 1.21. The van der Waals surface area contributed by atoms with Crippen LogP contribution in [0.4, 0.5) is 0 Å². The summed E-state index contributed by atoms with van der Waals surface area (Å²) in [6.45, 7) is 6.25. The predicted molar refractivity (Wildman–Crippen MR) is 65.8 cm³/mol. The van der Waals surface area contributed by atoms with Crippen LogP contribution in [-0.2, 0) is 0 Å². The van der Waals surface area contributed by atoms with Crippen molar-refractivity contribution in [1.82, 2.24) is 4.98 Å². The molecule has 1 nitrogen and oxygen atoms in total. The Morgan fingerprint density at radius 3 is 2.80 bits per heavy atom. The predicted octanol–water partition coefficient (Wildman–Crippen LogP) is 3.97. The minimum Gasteiger partial charge on any atom is -0.256 e. The quantitative estimate of drug-likeness (QED) is 0.674. The summed E-state index contributed by atoms with van der Waals surface area (Å²) in [6.07, 6.45) is 4.05. The van der Waals surface area contributed by atoms with Gasteiger partial charge in [0.1, 0.15) is 0 Å². The van der Waals surface area contributed by atoms with Gasteiger partial charge in [-0.15, -0.1) is 0 Å². The fraction of sp³-hybridized carbons (Fsp3) is 0.214. The molecule has 1 aromatic carbocycles. The van der Waals surface area contributed by atoms with E-state index in [4.69, 9.17) is 0 Å². The first kappa shape index (κ1) is 9.91. The molecule has 1 heteroatoms. The van der Waals surface area contributed by atoms with Crippen molar-refractivity contribution in [3.05, 3.63) is 47.7 Å². The summed E-state index contributed by atoms with van der Waals surface area (Å²) < 4.78 is 0. The van der Waals surface area contributed by atoms with Crippen molar-refractivity contribution in [3.63, 3.8) is 0 Å². The van der Waals surface area contributed by atoms with Crippen molar-refractivity contribution < 1.29 is 0 Å². The summed E-state index contributed by atoms with van der Waals surface area (Å²) in [5.74, 6) is 0. The van der Waals surface area contributed by atoms with Gasteiger partial charge in [-0.2, -0.15) is 0 Å². The van der Waals surface area contributed by atoms with Crippen LogP contribution in [0.25, 0.3) is 16.5 Å². The summed E-state index contributed by atoms with van der Waals surface area (Å²) in [4.78, 5) is 4.47. The van der Waals surface area contributed by atoms with Crippen LogP contribution in [-0.4, -0.2) is 4.98 Å². The highest BCUT2D eigenvalue weighted by molar-refractivity contribution is 5.82. The first-order chi connectivity index (χ1) is 7.20. The van der Waals surface area contributed by atoms with Crippen LogP contribution in [0.3, 0.4) is 0 Å². The molecule has 0 aliphatic rings. The van der Waals surface area contributed by atoms with E-state index in [0.29, 0.717) is 0 Å². The van der Waals surface area contributed by atoms with Gasteiger partial charge in [0.05, 0.1) is 5.52 Å². The molecule has 0 N–H and O–H groups in total. The van der Waals surface area contributed by atoms with Gasteiger partial charge in [0.2, 0.25) is 0 Å². The van der Waals surface area contributed by atoms with E-state index in [9.17, 15) is 0 Å². The Bertz CT molecular complexity index is 524. The highest BCUT2D eigenvalue weighted by atomic mass is 14.6. The molecule has 0 fully saturated rings. The number of aromatic nitrogens is 1. The number of benzene rings is 1. The van der Waals surface area contributed by atoms with Crippen molar-refractivity contribution >= 4 is 16.5 Å². The van der Waals surface area contributed by atoms with Gasteiger partial charge in [-0.25, -0.2) is 0 Å². The minimum absolute atomic E-state index is 1.07. The van der Waals surface area contributed by atoms with E-state index in [1.807, 2.05) is 6.20 Å². The number of nitrogens with zero attached hydrogens (tertiary/aromatic N) is 1. The molecule has 0 unspecified atom stereocenters. The third kappa shape index (κ3) is 1.91. The molecule has 1 aromatic heterocycles. The van der Waals surface area contributed by atoms with Gasteiger partial charge in [0.25, 0.3) is 0 Å². The molecule has 0 aliphatic carbocycles. The molecular weight excluding hydrogens is 182 g/mol. The normalized spacial score (nSPS) is 12.1. The van der Waals surface area contributed by atoms with Crippen molar-refractivity contribution in [2.75, 3.05) is 0 Å². The van der Waals surface area contributed by atoms with Gasteiger partial charge < -0.3 is 0 Å². The summed E-state index contributed by atoms with van der Waals surface area (Å²) >= 11 is 0. The number of fused-ring (bicyclic) bond motifs is 1. The van der Waals surface area contributed by atoms with Gasteiger partial charge in [-0.3, -0.25) is 4.98 Å². The number of rotatable bonds is 1. The highest BCUT2D eigenvalue weighted by Crippen LogP contribution is 2.19. The lowest BCUT2D eigenvalue weighted by Crippen LogP contribution is -1.85. The van der Waals surface area contributed by atoms with Crippen LogP contribution >= 0.6 is 0 Å². The van der Waals surface area contributed by atoms with E-state index < -0.39 is 0 Å². The number of pyridine rings is 1. The van der Waals surface area contributed by atoms with Crippen LogP contribution in [0.15, 0.2) is 36.5 Å². The number of allylic oxidation sites excluding steroid dienone is 2. The lowest BCUT2D eigenvalue weighted by molar-refractivity contribution is 1.36. The van der Waals surface area contributed by atoms with Gasteiger partial charge in [-0.05, 0) is 49.6 Å².